The van der Waals surface area contributed by atoms with Gasteiger partial charge in [-0.25, -0.2) is 13.2 Å². The molecule has 2 rings (SSSR count). The lowest BCUT2D eigenvalue weighted by atomic mass is 10.1. The smallest absolute Gasteiger partial charge is 0.349 e. The summed E-state index contributed by atoms with van der Waals surface area (Å²) in [5.74, 6) is -1.19. The van der Waals surface area contributed by atoms with Crippen LogP contribution in [0.1, 0.15) is 20.0 Å². The first-order chi connectivity index (χ1) is 11.9. The third-order valence-electron chi connectivity index (χ3n) is 3.11. The van der Waals surface area contributed by atoms with Crippen LogP contribution in [0.5, 0.6) is 0 Å². The summed E-state index contributed by atoms with van der Waals surface area (Å²) in [5, 5.41) is 4.06. The number of sulfonamides is 1. The van der Waals surface area contributed by atoms with Crippen molar-refractivity contribution in [3.8, 4) is 0 Å². The Morgan fingerprint density at radius 2 is 2.00 bits per heavy atom. The first-order valence-electron chi connectivity index (χ1n) is 7.07. The fourth-order valence-corrected chi connectivity index (χ4v) is 4.40. The number of hydrogen-bond donors (Lipinski definition) is 2. The zero-order valence-corrected chi connectivity index (χ0v) is 14.9. The molecule has 0 saturated carbocycles. The van der Waals surface area contributed by atoms with Crippen LogP contribution in [-0.4, -0.2) is 33.9 Å². The second-order valence-corrected chi connectivity index (χ2v) is 7.32. The van der Waals surface area contributed by atoms with Crippen LogP contribution in [0.15, 0.2) is 53.3 Å². The van der Waals surface area contributed by atoms with Gasteiger partial charge in [-0.1, -0.05) is 18.2 Å². The molecule has 0 fully saturated rings. The van der Waals surface area contributed by atoms with E-state index in [1.807, 2.05) is 0 Å². The summed E-state index contributed by atoms with van der Waals surface area (Å²) in [6, 6.07) is 7.47. The first kappa shape index (κ1) is 18.7. The maximum Gasteiger partial charge on any atom is 0.349 e. The number of rotatable bonds is 7. The molecule has 0 unspecified atom stereocenters. The summed E-state index contributed by atoms with van der Waals surface area (Å²) >= 11 is 0.957. The lowest BCUT2D eigenvalue weighted by molar-refractivity contribution is 0.0602. The second-order valence-electron chi connectivity index (χ2n) is 4.76. The number of ether oxygens (including phenoxy) is 1. The van der Waals surface area contributed by atoms with E-state index in [-0.39, 0.29) is 27.6 Å². The average Bonchev–Trinajstić information content (AvgIpc) is 3.10. The van der Waals surface area contributed by atoms with E-state index in [1.165, 1.54) is 36.8 Å². The van der Waals surface area contributed by atoms with Gasteiger partial charge in [0, 0.05) is 6.54 Å². The SMILES string of the molecule is C=CCNC(=O)c1ccccc1NS(=O)(=O)c1ccsc1C(=O)OC. The Balaban J connectivity index is 2.36. The van der Waals surface area contributed by atoms with E-state index in [4.69, 9.17) is 0 Å². The maximum atomic E-state index is 12.6. The van der Waals surface area contributed by atoms with E-state index in [2.05, 4.69) is 21.4 Å². The third kappa shape index (κ3) is 4.25. The molecule has 132 valence electrons. The van der Waals surface area contributed by atoms with Crippen LogP contribution in [0, 0.1) is 0 Å². The highest BCUT2D eigenvalue weighted by molar-refractivity contribution is 7.93. The van der Waals surface area contributed by atoms with Crippen LogP contribution in [0.3, 0.4) is 0 Å². The minimum atomic E-state index is -4.07. The Kier molecular flexibility index (Phi) is 5.94. The molecule has 0 aliphatic heterocycles. The van der Waals surface area contributed by atoms with Gasteiger partial charge in [-0.15, -0.1) is 17.9 Å². The summed E-state index contributed by atoms with van der Waals surface area (Å²) in [4.78, 5) is 23.6. The lowest BCUT2D eigenvalue weighted by Crippen LogP contribution is -2.25. The van der Waals surface area contributed by atoms with Gasteiger partial charge in [-0.2, -0.15) is 0 Å². The van der Waals surface area contributed by atoms with E-state index in [0.717, 1.165) is 11.3 Å². The second kappa shape index (κ2) is 7.95. The fourth-order valence-electron chi connectivity index (χ4n) is 1.98. The third-order valence-corrected chi connectivity index (χ3v) is 5.54. The Hall–Kier alpha value is -2.65. The number of thiophene rings is 1. The van der Waals surface area contributed by atoms with Crippen molar-refractivity contribution in [2.75, 3.05) is 18.4 Å². The summed E-state index contributed by atoms with van der Waals surface area (Å²) in [7, 11) is -2.90. The van der Waals surface area contributed by atoms with E-state index in [1.54, 1.807) is 12.1 Å². The molecule has 0 atom stereocenters. The standard InChI is InChI=1S/C16H16N2O5S2/c1-3-9-17-15(19)11-6-4-5-7-12(11)18-25(21,22)13-8-10-24-14(13)16(20)23-2/h3-8,10,18H,1,9H2,2H3,(H,17,19). The van der Waals surface area contributed by atoms with Gasteiger partial charge in [0.1, 0.15) is 9.77 Å². The highest BCUT2D eigenvalue weighted by Crippen LogP contribution is 2.26. The van der Waals surface area contributed by atoms with Crippen LogP contribution in [0.4, 0.5) is 5.69 Å². The largest absolute Gasteiger partial charge is 0.465 e. The number of methoxy groups -OCH3 is 1. The normalized spacial score (nSPS) is 10.8. The van der Waals surface area contributed by atoms with Gasteiger partial charge in [-0.05, 0) is 23.6 Å². The number of esters is 1. The van der Waals surface area contributed by atoms with Crippen molar-refractivity contribution in [3.05, 3.63) is 58.8 Å². The van der Waals surface area contributed by atoms with Crippen LogP contribution in [0.25, 0.3) is 0 Å². The molecule has 0 aliphatic rings. The molecule has 0 bridgehead atoms. The summed E-state index contributed by atoms with van der Waals surface area (Å²) in [6.07, 6.45) is 1.51. The average molecular weight is 380 g/mol. The number of benzene rings is 1. The molecule has 7 nitrogen and oxygen atoms in total. The number of carbonyl (C=O) groups is 2. The van der Waals surface area contributed by atoms with Crippen LogP contribution in [0.2, 0.25) is 0 Å². The van der Waals surface area contributed by atoms with Crippen molar-refractivity contribution in [1.29, 1.82) is 0 Å². The zero-order valence-electron chi connectivity index (χ0n) is 13.3. The van der Waals surface area contributed by atoms with Gasteiger partial charge < -0.3 is 10.1 Å². The van der Waals surface area contributed by atoms with E-state index in [9.17, 15) is 18.0 Å². The lowest BCUT2D eigenvalue weighted by Gasteiger charge is -2.12. The minimum absolute atomic E-state index is 0.0383. The van der Waals surface area contributed by atoms with Crippen molar-refractivity contribution >= 4 is 38.9 Å². The first-order valence-corrected chi connectivity index (χ1v) is 9.43. The molecule has 0 radical (unpaired) electrons. The quantitative estimate of drug-likeness (QED) is 0.567. The predicted molar refractivity (Wildman–Crippen MR) is 95.4 cm³/mol. The Morgan fingerprint density at radius 1 is 1.28 bits per heavy atom. The van der Waals surface area contributed by atoms with Crippen molar-refractivity contribution < 1.29 is 22.7 Å². The van der Waals surface area contributed by atoms with E-state index in [0.29, 0.717) is 0 Å². The Bertz CT molecular complexity index is 903. The Labute approximate surface area is 149 Å². The molecule has 0 saturated heterocycles. The number of amides is 1. The van der Waals surface area contributed by atoms with Crippen molar-refractivity contribution in [1.82, 2.24) is 5.32 Å². The fraction of sp³-hybridized carbons (Fsp3) is 0.125. The van der Waals surface area contributed by atoms with Gasteiger partial charge in [0.05, 0.1) is 18.4 Å². The zero-order chi connectivity index (χ0) is 18.4. The Morgan fingerprint density at radius 3 is 2.68 bits per heavy atom. The monoisotopic (exact) mass is 380 g/mol. The molecule has 1 aromatic heterocycles. The number of para-hydroxylation sites is 1. The van der Waals surface area contributed by atoms with Gasteiger partial charge in [0.2, 0.25) is 0 Å². The molecule has 9 heteroatoms. The van der Waals surface area contributed by atoms with E-state index < -0.39 is 21.9 Å². The van der Waals surface area contributed by atoms with Crippen molar-refractivity contribution in [2.45, 2.75) is 4.90 Å². The predicted octanol–water partition coefficient (Wildman–Crippen LogP) is 2.25. The molecule has 1 amide bonds. The van der Waals surface area contributed by atoms with Gasteiger partial charge in [0.15, 0.2) is 0 Å². The maximum absolute atomic E-state index is 12.6. The van der Waals surface area contributed by atoms with Crippen LogP contribution >= 0.6 is 11.3 Å². The molecule has 1 heterocycles. The summed E-state index contributed by atoms with van der Waals surface area (Å²) < 4.78 is 32.2. The molecule has 0 aliphatic carbocycles. The molecule has 2 aromatic rings. The van der Waals surface area contributed by atoms with Crippen LogP contribution < -0.4 is 10.0 Å². The molecular weight excluding hydrogens is 364 g/mol. The molecule has 2 N–H and O–H groups in total. The summed E-state index contributed by atoms with van der Waals surface area (Å²) in [5.41, 5.74) is 0.258. The highest BCUT2D eigenvalue weighted by atomic mass is 32.2. The molecule has 1 aromatic carbocycles. The number of carbonyl (C=O) groups excluding carboxylic acids is 2. The van der Waals surface area contributed by atoms with Gasteiger partial charge in [-0.3, -0.25) is 9.52 Å². The topological polar surface area (TPSA) is 102 Å². The molecule has 25 heavy (non-hydrogen) atoms. The summed E-state index contributed by atoms with van der Waals surface area (Å²) in [6.45, 7) is 3.75. The number of anilines is 1. The van der Waals surface area contributed by atoms with Crippen molar-refractivity contribution in [2.24, 2.45) is 0 Å². The molecular formula is C16H16N2O5S2. The minimum Gasteiger partial charge on any atom is -0.465 e. The van der Waals surface area contributed by atoms with Crippen LogP contribution in [-0.2, 0) is 14.8 Å². The number of hydrogen-bond acceptors (Lipinski definition) is 6. The molecule has 0 spiro atoms. The van der Waals surface area contributed by atoms with Crippen molar-refractivity contribution in [3.63, 3.8) is 0 Å². The van der Waals surface area contributed by atoms with Gasteiger partial charge >= 0.3 is 5.97 Å². The van der Waals surface area contributed by atoms with Gasteiger partial charge in [0.25, 0.3) is 15.9 Å². The highest BCUT2D eigenvalue weighted by Gasteiger charge is 2.26. The number of nitrogens with one attached hydrogen (secondary N) is 2. The van der Waals surface area contributed by atoms with E-state index >= 15 is 0 Å².